The van der Waals surface area contributed by atoms with Crippen molar-refractivity contribution in [3.63, 3.8) is 0 Å². The summed E-state index contributed by atoms with van der Waals surface area (Å²) in [6, 6.07) is 13.1. The zero-order valence-electron chi connectivity index (χ0n) is 19.6. The summed E-state index contributed by atoms with van der Waals surface area (Å²) in [6.07, 6.45) is 0.0914. The Morgan fingerprint density at radius 1 is 1.15 bits per heavy atom. The molecule has 4 rings (SSSR count). The minimum Gasteiger partial charge on any atom is -0.493 e. The van der Waals surface area contributed by atoms with Gasteiger partial charge in [-0.05, 0) is 50.1 Å². The lowest BCUT2D eigenvalue weighted by Gasteiger charge is -2.25. The maximum atomic E-state index is 13.0. The van der Waals surface area contributed by atoms with Crippen LogP contribution in [-0.2, 0) is 27.2 Å². The molecular weight excluding hydrogens is 438 g/mol. The molecule has 0 saturated carbocycles. The molecule has 1 aliphatic heterocycles. The molecule has 34 heavy (non-hydrogen) atoms. The van der Waals surface area contributed by atoms with Gasteiger partial charge in [-0.3, -0.25) is 9.59 Å². The van der Waals surface area contributed by atoms with Crippen LogP contribution in [0.3, 0.4) is 0 Å². The Kier molecular flexibility index (Phi) is 6.81. The van der Waals surface area contributed by atoms with Gasteiger partial charge in [-0.25, -0.2) is 0 Å². The van der Waals surface area contributed by atoms with E-state index in [4.69, 9.17) is 18.7 Å². The van der Waals surface area contributed by atoms with Gasteiger partial charge in [-0.15, -0.1) is 0 Å². The fraction of sp³-hybridized carbons (Fsp3) is 0.360. The Balaban J connectivity index is 1.33. The van der Waals surface area contributed by atoms with E-state index in [9.17, 15) is 9.59 Å². The number of fused-ring (bicyclic) bond motifs is 1. The molecule has 1 aromatic heterocycles. The van der Waals surface area contributed by atoms with E-state index in [1.54, 1.807) is 44.2 Å². The Morgan fingerprint density at radius 2 is 1.91 bits per heavy atom. The van der Waals surface area contributed by atoms with E-state index < -0.39 is 12.1 Å². The first-order valence-corrected chi connectivity index (χ1v) is 11.1. The first-order valence-electron chi connectivity index (χ1n) is 11.1. The third-order valence-electron chi connectivity index (χ3n) is 5.75. The number of ether oxygens (including phenoxy) is 3. The van der Waals surface area contributed by atoms with E-state index in [1.165, 1.54) is 0 Å². The molecule has 2 atom stereocenters. The third-order valence-corrected chi connectivity index (χ3v) is 5.75. The molecule has 9 nitrogen and oxygen atoms in total. The van der Waals surface area contributed by atoms with Gasteiger partial charge in [0.15, 0.2) is 17.6 Å². The lowest BCUT2D eigenvalue weighted by Crippen LogP contribution is -2.43. The number of para-hydroxylation sites is 1. The number of nitrogens with zero attached hydrogens (tertiary/aromatic N) is 3. The lowest BCUT2D eigenvalue weighted by molar-refractivity contribution is -0.154. The first-order chi connectivity index (χ1) is 16.4. The highest BCUT2D eigenvalue weighted by Gasteiger charge is 2.34. The first kappa shape index (κ1) is 23.3. The molecule has 0 spiro atoms. The van der Waals surface area contributed by atoms with E-state index in [0.717, 1.165) is 17.7 Å². The number of esters is 1. The maximum absolute atomic E-state index is 13.0. The monoisotopic (exact) mass is 465 g/mol. The van der Waals surface area contributed by atoms with Gasteiger partial charge in [0.2, 0.25) is 11.7 Å². The number of aromatic nitrogens is 2. The van der Waals surface area contributed by atoms with E-state index in [0.29, 0.717) is 28.8 Å². The molecule has 0 bridgehead atoms. The van der Waals surface area contributed by atoms with Gasteiger partial charge >= 0.3 is 5.97 Å². The Morgan fingerprint density at radius 3 is 2.68 bits per heavy atom. The van der Waals surface area contributed by atoms with Gasteiger partial charge in [0.05, 0.1) is 20.6 Å². The summed E-state index contributed by atoms with van der Waals surface area (Å²) in [5.74, 6) is 1.06. The van der Waals surface area contributed by atoms with Crippen LogP contribution in [0.2, 0.25) is 0 Å². The van der Waals surface area contributed by atoms with Crippen LogP contribution in [-0.4, -0.2) is 48.4 Å². The third kappa shape index (κ3) is 4.73. The minimum atomic E-state index is -0.897. The van der Waals surface area contributed by atoms with Crippen molar-refractivity contribution in [1.82, 2.24) is 10.1 Å². The van der Waals surface area contributed by atoms with E-state index in [1.807, 2.05) is 31.2 Å². The van der Waals surface area contributed by atoms with E-state index in [-0.39, 0.29) is 24.8 Å². The quantitative estimate of drug-likeness (QED) is 0.465. The number of hydrogen-bond donors (Lipinski definition) is 0. The summed E-state index contributed by atoms with van der Waals surface area (Å²) in [5, 5.41) is 3.97. The molecule has 1 aliphatic rings. The predicted molar refractivity (Wildman–Crippen MR) is 124 cm³/mol. The van der Waals surface area contributed by atoms with Crippen molar-refractivity contribution in [3.8, 4) is 22.9 Å². The minimum absolute atomic E-state index is 0.0112. The predicted octanol–water partition coefficient (Wildman–Crippen LogP) is 3.60. The van der Waals surface area contributed by atoms with Crippen LogP contribution in [0.15, 0.2) is 47.0 Å². The average Bonchev–Trinajstić information content (AvgIpc) is 3.45. The standard InChI is InChI=1S/C25H27N3O6/c1-15-13-17-7-5-6-8-19(17)28(15)25(30)16(2)33-23(29)12-11-22-26-24(27-34-22)18-9-10-20(31-3)21(14-18)32-4/h5-10,14-16H,11-13H2,1-4H3/t15-,16+/m0/s1. The molecular formula is C25H27N3O6. The number of carbonyl (C=O) groups excluding carboxylic acids is 2. The highest BCUT2D eigenvalue weighted by molar-refractivity contribution is 5.99. The summed E-state index contributed by atoms with van der Waals surface area (Å²) >= 11 is 0. The van der Waals surface area contributed by atoms with Crippen LogP contribution >= 0.6 is 0 Å². The maximum Gasteiger partial charge on any atom is 0.307 e. The van der Waals surface area contributed by atoms with Crippen molar-refractivity contribution in [1.29, 1.82) is 0 Å². The van der Waals surface area contributed by atoms with E-state index >= 15 is 0 Å². The van der Waals surface area contributed by atoms with Crippen LogP contribution in [0.1, 0.15) is 31.7 Å². The van der Waals surface area contributed by atoms with Gasteiger partial charge in [-0.2, -0.15) is 4.98 Å². The van der Waals surface area contributed by atoms with Crippen molar-refractivity contribution in [2.24, 2.45) is 0 Å². The largest absolute Gasteiger partial charge is 0.493 e. The highest BCUT2D eigenvalue weighted by Crippen LogP contribution is 2.33. The smallest absolute Gasteiger partial charge is 0.307 e. The van der Waals surface area contributed by atoms with Crippen molar-refractivity contribution in [2.75, 3.05) is 19.1 Å². The number of amides is 1. The number of carbonyl (C=O) groups is 2. The summed E-state index contributed by atoms with van der Waals surface area (Å²) in [7, 11) is 3.10. The van der Waals surface area contributed by atoms with Crippen LogP contribution in [0.4, 0.5) is 5.69 Å². The molecule has 1 amide bonds. The van der Waals surface area contributed by atoms with Crippen molar-refractivity contribution >= 4 is 17.6 Å². The molecule has 9 heteroatoms. The Bertz CT molecular complexity index is 1190. The molecule has 0 radical (unpaired) electrons. The number of rotatable bonds is 8. The fourth-order valence-electron chi connectivity index (χ4n) is 4.06. The fourth-order valence-corrected chi connectivity index (χ4v) is 4.06. The topological polar surface area (TPSA) is 104 Å². The molecule has 0 fully saturated rings. The van der Waals surface area contributed by atoms with Crippen LogP contribution in [0.5, 0.6) is 11.5 Å². The summed E-state index contributed by atoms with van der Waals surface area (Å²) in [5.41, 5.74) is 2.68. The second kappa shape index (κ2) is 9.94. The summed E-state index contributed by atoms with van der Waals surface area (Å²) in [4.78, 5) is 31.4. The molecule has 2 heterocycles. The molecule has 3 aromatic rings. The van der Waals surface area contributed by atoms with Gasteiger partial charge in [0.25, 0.3) is 5.91 Å². The number of anilines is 1. The number of aryl methyl sites for hydroxylation is 1. The highest BCUT2D eigenvalue weighted by atomic mass is 16.5. The van der Waals surface area contributed by atoms with Gasteiger partial charge < -0.3 is 23.6 Å². The lowest BCUT2D eigenvalue weighted by atomic mass is 10.1. The number of methoxy groups -OCH3 is 2. The molecule has 0 saturated heterocycles. The molecule has 178 valence electrons. The normalized spacial score (nSPS) is 15.5. The average molecular weight is 466 g/mol. The molecule has 0 unspecified atom stereocenters. The Hall–Kier alpha value is -3.88. The van der Waals surface area contributed by atoms with Crippen molar-refractivity contribution in [3.05, 3.63) is 53.9 Å². The van der Waals surface area contributed by atoms with Gasteiger partial charge in [0, 0.05) is 23.7 Å². The SMILES string of the molecule is COc1ccc(-c2noc(CCC(=O)O[C@H](C)C(=O)N3c4ccccc4C[C@@H]3C)n2)cc1OC. The molecule has 0 N–H and O–H groups in total. The summed E-state index contributed by atoms with van der Waals surface area (Å²) in [6.45, 7) is 3.58. The number of hydrogen-bond acceptors (Lipinski definition) is 8. The zero-order valence-corrected chi connectivity index (χ0v) is 19.6. The van der Waals surface area contributed by atoms with Gasteiger partial charge in [-0.1, -0.05) is 23.4 Å². The van der Waals surface area contributed by atoms with Crippen LogP contribution in [0.25, 0.3) is 11.4 Å². The zero-order chi connectivity index (χ0) is 24.2. The Labute approximate surface area is 197 Å². The van der Waals surface area contributed by atoms with Crippen LogP contribution < -0.4 is 14.4 Å². The molecule has 0 aliphatic carbocycles. The molecule has 2 aromatic carbocycles. The van der Waals surface area contributed by atoms with Gasteiger partial charge in [0.1, 0.15) is 0 Å². The van der Waals surface area contributed by atoms with Crippen molar-refractivity contribution < 1.29 is 28.3 Å². The second-order valence-electron chi connectivity index (χ2n) is 8.10. The van der Waals surface area contributed by atoms with E-state index in [2.05, 4.69) is 10.1 Å². The number of benzene rings is 2. The second-order valence-corrected chi connectivity index (χ2v) is 8.10. The summed E-state index contributed by atoms with van der Waals surface area (Å²) < 4.78 is 21.2. The van der Waals surface area contributed by atoms with Crippen LogP contribution in [0, 0.1) is 0 Å². The van der Waals surface area contributed by atoms with Crippen molar-refractivity contribution in [2.45, 2.75) is 45.3 Å².